The summed E-state index contributed by atoms with van der Waals surface area (Å²) < 4.78 is 19.7. The summed E-state index contributed by atoms with van der Waals surface area (Å²) >= 11 is 0. The highest BCUT2D eigenvalue weighted by molar-refractivity contribution is 6.76. The van der Waals surface area contributed by atoms with E-state index in [-0.39, 0.29) is 12.9 Å². The van der Waals surface area contributed by atoms with Crippen molar-refractivity contribution >= 4 is 19.1 Å². The lowest BCUT2D eigenvalue weighted by Crippen LogP contribution is -2.23. The number of benzene rings is 1. The van der Waals surface area contributed by atoms with Crippen LogP contribution in [-0.2, 0) is 34.2 Å². The van der Waals surface area contributed by atoms with Gasteiger partial charge in [-0.05, 0) is 31.4 Å². The van der Waals surface area contributed by atoms with E-state index in [1.807, 2.05) is 18.2 Å². The third-order valence-electron chi connectivity index (χ3n) is 4.86. The minimum atomic E-state index is -1.12. The van der Waals surface area contributed by atoms with Gasteiger partial charge in [0.15, 0.2) is 6.29 Å². The summed E-state index contributed by atoms with van der Waals surface area (Å²) in [6.45, 7) is 9.34. The first-order chi connectivity index (χ1) is 13.0. The Morgan fingerprint density at radius 2 is 2.15 bits per heavy atom. The number of rotatable bonds is 9. The molecule has 0 saturated carbocycles. The monoisotopic (exact) mass is 392 g/mol. The van der Waals surface area contributed by atoms with Gasteiger partial charge in [-0.25, -0.2) is 4.98 Å². The van der Waals surface area contributed by atoms with Gasteiger partial charge in [0.1, 0.15) is 19.2 Å². The zero-order valence-corrected chi connectivity index (χ0v) is 17.7. The van der Waals surface area contributed by atoms with Gasteiger partial charge >= 0.3 is 0 Å². The van der Waals surface area contributed by atoms with Gasteiger partial charge in [-0.15, -0.1) is 0 Å². The highest BCUT2D eigenvalue weighted by Gasteiger charge is 2.18. The lowest BCUT2D eigenvalue weighted by Gasteiger charge is -2.22. The van der Waals surface area contributed by atoms with Crippen molar-refractivity contribution in [2.75, 3.05) is 13.2 Å². The molecule has 1 saturated heterocycles. The molecule has 1 aromatic heterocycles. The lowest BCUT2D eigenvalue weighted by molar-refractivity contribution is -0.170. The molecule has 150 valence electrons. The van der Waals surface area contributed by atoms with Crippen molar-refractivity contribution in [1.82, 2.24) is 9.55 Å². The number of hydrogen-bond donors (Lipinski definition) is 1. The van der Waals surface area contributed by atoms with E-state index in [4.69, 9.17) is 19.2 Å². The van der Waals surface area contributed by atoms with Gasteiger partial charge in [0.25, 0.3) is 0 Å². The number of aliphatic hydroxyl groups is 1. The first-order valence-corrected chi connectivity index (χ1v) is 13.6. The Labute approximate surface area is 162 Å². The van der Waals surface area contributed by atoms with Crippen LogP contribution in [0.2, 0.25) is 25.7 Å². The second kappa shape index (κ2) is 9.30. The van der Waals surface area contributed by atoms with Crippen molar-refractivity contribution in [3.63, 3.8) is 0 Å². The molecule has 2 aromatic rings. The summed E-state index contributed by atoms with van der Waals surface area (Å²) in [6, 6.07) is 7.00. The van der Waals surface area contributed by atoms with Gasteiger partial charge < -0.3 is 23.9 Å². The third kappa shape index (κ3) is 5.62. The number of fused-ring (bicyclic) bond motifs is 1. The molecule has 0 amide bonds. The van der Waals surface area contributed by atoms with Crippen LogP contribution < -0.4 is 0 Å². The minimum absolute atomic E-state index is 0.0309. The first kappa shape index (κ1) is 20.5. The summed E-state index contributed by atoms with van der Waals surface area (Å²) in [5, 5.41) is 9.65. The topological polar surface area (TPSA) is 65.7 Å². The summed E-state index contributed by atoms with van der Waals surface area (Å²) in [7, 11) is -1.12. The first-order valence-electron chi connectivity index (χ1n) is 9.87. The standard InChI is InChI=1S/C20H32N2O4Si/c1-27(2,3)12-11-24-15-22-17-8-6-7-16(13-23)20(17)21-18(22)14-26-19-9-4-5-10-25-19/h6-8,19,23H,4-5,9-15H2,1-3H3. The van der Waals surface area contributed by atoms with E-state index in [2.05, 4.69) is 24.2 Å². The fraction of sp³-hybridized carbons (Fsp3) is 0.650. The zero-order valence-electron chi connectivity index (χ0n) is 16.7. The van der Waals surface area contributed by atoms with Crippen molar-refractivity contribution in [2.45, 2.75) is 71.2 Å². The van der Waals surface area contributed by atoms with Crippen LogP contribution >= 0.6 is 0 Å². The van der Waals surface area contributed by atoms with Crippen molar-refractivity contribution < 1.29 is 19.3 Å². The van der Waals surface area contributed by atoms with Crippen LogP contribution in [-0.4, -0.2) is 42.2 Å². The van der Waals surface area contributed by atoms with Crippen molar-refractivity contribution in [1.29, 1.82) is 0 Å². The highest BCUT2D eigenvalue weighted by Crippen LogP contribution is 2.23. The van der Waals surface area contributed by atoms with E-state index < -0.39 is 8.07 Å². The normalized spacial score (nSPS) is 18.3. The molecule has 1 atom stereocenters. The van der Waals surface area contributed by atoms with Gasteiger partial charge in [-0.2, -0.15) is 0 Å². The fourth-order valence-electron chi connectivity index (χ4n) is 3.18. The average Bonchev–Trinajstić information content (AvgIpc) is 3.01. The van der Waals surface area contributed by atoms with E-state index in [0.29, 0.717) is 13.3 Å². The number of nitrogens with zero attached hydrogens (tertiary/aromatic N) is 2. The SMILES string of the molecule is C[Si](C)(C)CCOCn1c(COC2CCCCO2)nc2c(CO)cccc21. The fourth-order valence-corrected chi connectivity index (χ4v) is 3.94. The van der Waals surface area contributed by atoms with E-state index >= 15 is 0 Å². The Balaban J connectivity index is 1.75. The second-order valence-electron chi connectivity index (χ2n) is 8.35. The van der Waals surface area contributed by atoms with Crippen molar-refractivity contribution in [3.8, 4) is 0 Å². The van der Waals surface area contributed by atoms with Crippen molar-refractivity contribution in [2.24, 2.45) is 0 Å². The lowest BCUT2D eigenvalue weighted by atomic mass is 10.2. The molecule has 1 aliphatic rings. The number of imidazole rings is 1. The van der Waals surface area contributed by atoms with Gasteiger partial charge in [0.2, 0.25) is 0 Å². The molecule has 1 aliphatic heterocycles. The summed E-state index contributed by atoms with van der Waals surface area (Å²) in [5.74, 6) is 0.813. The number of ether oxygens (including phenoxy) is 3. The van der Waals surface area contributed by atoms with Crippen LogP contribution in [0.1, 0.15) is 30.7 Å². The van der Waals surface area contributed by atoms with Crippen molar-refractivity contribution in [3.05, 3.63) is 29.6 Å². The molecule has 0 spiro atoms. The predicted molar refractivity (Wildman–Crippen MR) is 108 cm³/mol. The van der Waals surface area contributed by atoms with E-state index in [9.17, 15) is 5.11 Å². The van der Waals surface area contributed by atoms with E-state index in [1.165, 1.54) is 0 Å². The number of hydrogen-bond acceptors (Lipinski definition) is 5. The Hall–Kier alpha value is -1.25. The number of aliphatic hydroxyl groups excluding tert-OH is 1. The molecule has 0 radical (unpaired) electrons. The number of para-hydroxylation sites is 1. The van der Waals surface area contributed by atoms with Crippen LogP contribution in [0.4, 0.5) is 0 Å². The molecular weight excluding hydrogens is 360 g/mol. The molecule has 27 heavy (non-hydrogen) atoms. The molecular formula is C20H32N2O4Si. The van der Waals surface area contributed by atoms with Gasteiger partial charge in [-0.3, -0.25) is 0 Å². The molecule has 1 fully saturated rings. The van der Waals surface area contributed by atoms with Gasteiger partial charge in [0, 0.05) is 26.9 Å². The predicted octanol–water partition coefficient (Wildman–Crippen LogP) is 3.88. The Bertz CT molecular complexity index is 735. The molecule has 0 aliphatic carbocycles. The molecule has 3 rings (SSSR count). The molecule has 6 nitrogen and oxygen atoms in total. The van der Waals surface area contributed by atoms with Crippen LogP contribution in [0, 0.1) is 0 Å². The average molecular weight is 393 g/mol. The minimum Gasteiger partial charge on any atom is -0.392 e. The Kier molecular flexibility index (Phi) is 7.05. The van der Waals surface area contributed by atoms with Crippen LogP contribution in [0.5, 0.6) is 0 Å². The van der Waals surface area contributed by atoms with E-state index in [0.717, 1.165) is 60.9 Å². The summed E-state index contributed by atoms with van der Waals surface area (Å²) in [5.41, 5.74) is 2.61. The molecule has 1 unspecified atom stereocenters. The van der Waals surface area contributed by atoms with Crippen LogP contribution in [0.3, 0.4) is 0 Å². The molecule has 7 heteroatoms. The maximum atomic E-state index is 9.65. The number of aromatic nitrogens is 2. The smallest absolute Gasteiger partial charge is 0.158 e. The van der Waals surface area contributed by atoms with Gasteiger partial charge in [0.05, 0.1) is 17.6 Å². The Morgan fingerprint density at radius 1 is 1.30 bits per heavy atom. The molecule has 1 N–H and O–H groups in total. The largest absolute Gasteiger partial charge is 0.392 e. The Morgan fingerprint density at radius 3 is 2.85 bits per heavy atom. The second-order valence-corrected chi connectivity index (χ2v) is 14.0. The molecule has 0 bridgehead atoms. The molecule has 1 aromatic carbocycles. The van der Waals surface area contributed by atoms with Crippen LogP contribution in [0.25, 0.3) is 11.0 Å². The summed E-state index contributed by atoms with van der Waals surface area (Å²) in [6.07, 6.45) is 3.00. The quantitative estimate of drug-likeness (QED) is 0.518. The maximum Gasteiger partial charge on any atom is 0.158 e. The summed E-state index contributed by atoms with van der Waals surface area (Å²) in [4.78, 5) is 4.75. The third-order valence-corrected chi connectivity index (χ3v) is 6.57. The van der Waals surface area contributed by atoms with Crippen LogP contribution in [0.15, 0.2) is 18.2 Å². The van der Waals surface area contributed by atoms with E-state index in [1.54, 1.807) is 0 Å². The highest BCUT2D eigenvalue weighted by atomic mass is 28.3. The maximum absolute atomic E-state index is 9.65. The zero-order chi connectivity index (χ0) is 19.3. The molecule has 2 heterocycles. The van der Waals surface area contributed by atoms with Gasteiger partial charge in [-0.1, -0.05) is 31.8 Å².